The first-order valence-electron chi connectivity index (χ1n) is 8.47. The molecule has 0 fully saturated rings. The van der Waals surface area contributed by atoms with Crippen molar-refractivity contribution in [1.82, 2.24) is 4.98 Å². The number of allylic oxidation sites excluding steroid dienone is 1. The lowest BCUT2D eigenvalue weighted by atomic mass is 10.0. The summed E-state index contributed by atoms with van der Waals surface area (Å²) >= 11 is 1.44. The summed E-state index contributed by atoms with van der Waals surface area (Å²) in [6.45, 7) is 4.41. The quantitative estimate of drug-likeness (QED) is 0.506. The molecule has 1 aromatic heterocycles. The summed E-state index contributed by atoms with van der Waals surface area (Å²) in [4.78, 5) is 4.61. The average Bonchev–Trinajstić information content (AvgIpc) is 3.11. The highest BCUT2D eigenvalue weighted by atomic mass is 32.1. The van der Waals surface area contributed by atoms with Crippen LogP contribution in [-0.2, 0) is 6.42 Å². The smallest absolute Gasteiger partial charge is 0.134 e. The van der Waals surface area contributed by atoms with Gasteiger partial charge in [-0.1, -0.05) is 50.2 Å². The lowest BCUT2D eigenvalue weighted by molar-refractivity contribution is 0.628. The lowest BCUT2D eigenvalue weighted by Crippen LogP contribution is -1.93. The largest absolute Gasteiger partial charge is 0.235 e. The molecule has 0 bridgehead atoms. The lowest BCUT2D eigenvalue weighted by Gasteiger charge is -2.05. The van der Waals surface area contributed by atoms with Crippen LogP contribution in [0, 0.1) is 23.1 Å². The number of rotatable bonds is 5. The standard InChI is InChI=1S/C22H19FN2S/c1-15(2)11-16-3-7-18(8-4-16)21-14-26-22(25-21)19(13-24)12-17-5-9-20(23)10-6-17/h3-10,12,14-15H,11H2,1-2H3/b19-12-. The highest BCUT2D eigenvalue weighted by Gasteiger charge is 2.09. The average molecular weight is 362 g/mol. The number of nitriles is 1. The topological polar surface area (TPSA) is 36.7 Å². The zero-order valence-corrected chi connectivity index (χ0v) is 15.6. The van der Waals surface area contributed by atoms with Crippen LogP contribution in [0.25, 0.3) is 22.9 Å². The van der Waals surface area contributed by atoms with E-state index < -0.39 is 0 Å². The third-order valence-corrected chi connectivity index (χ3v) is 4.81. The van der Waals surface area contributed by atoms with Gasteiger partial charge in [0.15, 0.2) is 0 Å². The molecule has 26 heavy (non-hydrogen) atoms. The second-order valence-corrected chi connectivity index (χ2v) is 7.41. The van der Waals surface area contributed by atoms with Gasteiger partial charge in [0.1, 0.15) is 16.9 Å². The Labute approximate surface area is 157 Å². The van der Waals surface area contributed by atoms with Gasteiger partial charge in [-0.3, -0.25) is 0 Å². The van der Waals surface area contributed by atoms with Gasteiger partial charge in [-0.05, 0) is 41.7 Å². The molecule has 3 aromatic rings. The Hall–Kier alpha value is -2.77. The Morgan fingerprint density at radius 2 is 1.85 bits per heavy atom. The van der Waals surface area contributed by atoms with Gasteiger partial charge >= 0.3 is 0 Å². The van der Waals surface area contributed by atoms with Crippen LogP contribution in [0.15, 0.2) is 53.9 Å². The van der Waals surface area contributed by atoms with E-state index in [0.717, 1.165) is 23.2 Å². The van der Waals surface area contributed by atoms with Crippen molar-refractivity contribution in [3.8, 4) is 17.3 Å². The monoisotopic (exact) mass is 362 g/mol. The molecule has 3 rings (SSSR count). The van der Waals surface area contributed by atoms with Gasteiger partial charge in [0.25, 0.3) is 0 Å². The molecule has 2 aromatic carbocycles. The van der Waals surface area contributed by atoms with Crippen LogP contribution in [-0.4, -0.2) is 4.98 Å². The summed E-state index contributed by atoms with van der Waals surface area (Å²) in [5, 5.41) is 12.1. The SMILES string of the molecule is CC(C)Cc1ccc(-c2csc(/C(C#N)=C\c3ccc(F)cc3)n2)cc1. The molecule has 0 amide bonds. The van der Waals surface area contributed by atoms with E-state index in [1.54, 1.807) is 18.2 Å². The molecular formula is C22H19FN2S. The minimum Gasteiger partial charge on any atom is -0.235 e. The second kappa shape index (κ2) is 8.07. The van der Waals surface area contributed by atoms with E-state index in [1.165, 1.54) is 29.0 Å². The maximum absolute atomic E-state index is 13.0. The number of halogens is 1. The Morgan fingerprint density at radius 3 is 2.46 bits per heavy atom. The number of hydrogen-bond acceptors (Lipinski definition) is 3. The van der Waals surface area contributed by atoms with Gasteiger partial charge in [-0.2, -0.15) is 5.26 Å². The molecule has 0 saturated heterocycles. The summed E-state index contributed by atoms with van der Waals surface area (Å²) in [6.07, 6.45) is 2.79. The van der Waals surface area contributed by atoms with Crippen molar-refractivity contribution in [1.29, 1.82) is 5.26 Å². The molecule has 0 aliphatic heterocycles. The van der Waals surface area contributed by atoms with Crippen molar-refractivity contribution in [3.05, 3.63) is 75.9 Å². The predicted octanol–water partition coefficient (Wildman–Crippen LogP) is 6.21. The normalized spacial score (nSPS) is 11.6. The Kier molecular flexibility index (Phi) is 5.60. The molecule has 0 unspecified atom stereocenters. The van der Waals surface area contributed by atoms with Crippen LogP contribution in [0.3, 0.4) is 0 Å². The summed E-state index contributed by atoms with van der Waals surface area (Å²) in [5.41, 5.74) is 4.47. The molecule has 0 atom stereocenters. The van der Waals surface area contributed by atoms with E-state index in [9.17, 15) is 9.65 Å². The van der Waals surface area contributed by atoms with Crippen molar-refractivity contribution in [2.45, 2.75) is 20.3 Å². The molecule has 0 saturated carbocycles. The van der Waals surface area contributed by atoms with E-state index >= 15 is 0 Å². The molecule has 4 heteroatoms. The van der Waals surface area contributed by atoms with Gasteiger partial charge in [0.2, 0.25) is 0 Å². The van der Waals surface area contributed by atoms with Gasteiger partial charge in [-0.25, -0.2) is 9.37 Å². The van der Waals surface area contributed by atoms with Crippen molar-refractivity contribution < 1.29 is 4.39 Å². The predicted molar refractivity (Wildman–Crippen MR) is 106 cm³/mol. The molecule has 2 nitrogen and oxygen atoms in total. The van der Waals surface area contributed by atoms with Crippen molar-refractivity contribution in [2.24, 2.45) is 5.92 Å². The minimum absolute atomic E-state index is 0.293. The fourth-order valence-electron chi connectivity index (χ4n) is 2.68. The molecule has 0 spiro atoms. The third-order valence-electron chi connectivity index (χ3n) is 3.93. The van der Waals surface area contributed by atoms with Crippen molar-refractivity contribution in [2.75, 3.05) is 0 Å². The zero-order chi connectivity index (χ0) is 18.5. The second-order valence-electron chi connectivity index (χ2n) is 6.55. The highest BCUT2D eigenvalue weighted by molar-refractivity contribution is 7.11. The molecule has 1 heterocycles. The van der Waals surface area contributed by atoms with Gasteiger partial charge in [0, 0.05) is 10.9 Å². The Morgan fingerprint density at radius 1 is 1.15 bits per heavy atom. The number of nitrogens with zero attached hydrogens (tertiary/aromatic N) is 2. The summed E-state index contributed by atoms with van der Waals surface area (Å²) in [6, 6.07) is 16.7. The van der Waals surface area contributed by atoms with Gasteiger partial charge in [0.05, 0.1) is 11.3 Å². The number of thiazole rings is 1. The van der Waals surface area contributed by atoms with E-state index in [1.807, 2.05) is 5.38 Å². The molecule has 0 aliphatic rings. The molecule has 0 aliphatic carbocycles. The summed E-state index contributed by atoms with van der Waals surface area (Å²) in [5.74, 6) is 0.333. The Bertz CT molecular complexity index is 945. The van der Waals surface area contributed by atoms with E-state index in [-0.39, 0.29) is 5.82 Å². The third kappa shape index (κ3) is 4.44. The molecule has 0 radical (unpaired) electrons. The molecule has 130 valence electrons. The van der Waals surface area contributed by atoms with Crippen LogP contribution in [0.1, 0.15) is 30.0 Å². The van der Waals surface area contributed by atoms with E-state index in [4.69, 9.17) is 0 Å². The van der Waals surface area contributed by atoms with Crippen LogP contribution >= 0.6 is 11.3 Å². The maximum atomic E-state index is 13.0. The van der Waals surface area contributed by atoms with Crippen LogP contribution < -0.4 is 0 Å². The van der Waals surface area contributed by atoms with Crippen LogP contribution in [0.2, 0.25) is 0 Å². The summed E-state index contributed by atoms with van der Waals surface area (Å²) in [7, 11) is 0. The van der Waals surface area contributed by atoms with Crippen molar-refractivity contribution >= 4 is 23.0 Å². The maximum Gasteiger partial charge on any atom is 0.134 e. The van der Waals surface area contributed by atoms with Crippen LogP contribution in [0.5, 0.6) is 0 Å². The van der Waals surface area contributed by atoms with E-state index in [2.05, 4.69) is 49.2 Å². The fraction of sp³-hybridized carbons (Fsp3) is 0.182. The first-order chi connectivity index (χ1) is 12.5. The highest BCUT2D eigenvalue weighted by Crippen LogP contribution is 2.27. The van der Waals surface area contributed by atoms with Gasteiger partial charge < -0.3 is 0 Å². The molecule has 0 N–H and O–H groups in total. The zero-order valence-electron chi connectivity index (χ0n) is 14.7. The first kappa shape index (κ1) is 18.0. The first-order valence-corrected chi connectivity index (χ1v) is 9.35. The molecular weight excluding hydrogens is 343 g/mol. The van der Waals surface area contributed by atoms with Gasteiger partial charge in [-0.15, -0.1) is 11.3 Å². The summed E-state index contributed by atoms with van der Waals surface area (Å²) < 4.78 is 13.0. The fourth-order valence-corrected chi connectivity index (χ4v) is 3.48. The minimum atomic E-state index is -0.293. The number of hydrogen-bond donors (Lipinski definition) is 0. The number of aromatic nitrogens is 1. The van der Waals surface area contributed by atoms with E-state index in [0.29, 0.717) is 16.5 Å². The Balaban J connectivity index is 1.84. The van der Waals surface area contributed by atoms with Crippen molar-refractivity contribution in [3.63, 3.8) is 0 Å². The van der Waals surface area contributed by atoms with Crippen LogP contribution in [0.4, 0.5) is 4.39 Å². The number of benzene rings is 2.